The molecule has 0 saturated carbocycles. The second-order valence-corrected chi connectivity index (χ2v) is 2.83. The molecule has 1 aromatic carbocycles. The SMILES string of the molecule is Cc1cc(F)cc(C)c1CON. The molecule has 2 nitrogen and oxygen atoms in total. The maximum absolute atomic E-state index is 12.8. The number of rotatable bonds is 2. The summed E-state index contributed by atoms with van der Waals surface area (Å²) >= 11 is 0. The summed E-state index contributed by atoms with van der Waals surface area (Å²) in [5, 5.41) is 0. The van der Waals surface area contributed by atoms with Crippen molar-refractivity contribution in [3.63, 3.8) is 0 Å². The zero-order valence-corrected chi connectivity index (χ0v) is 7.23. The Morgan fingerprint density at radius 2 is 1.83 bits per heavy atom. The van der Waals surface area contributed by atoms with Gasteiger partial charge in [0.15, 0.2) is 0 Å². The Balaban J connectivity index is 3.10. The van der Waals surface area contributed by atoms with Gasteiger partial charge in [0.25, 0.3) is 0 Å². The van der Waals surface area contributed by atoms with Crippen molar-refractivity contribution in [3.8, 4) is 0 Å². The van der Waals surface area contributed by atoms with Gasteiger partial charge in [-0.1, -0.05) is 0 Å². The highest BCUT2D eigenvalue weighted by atomic mass is 19.1. The minimum absolute atomic E-state index is 0.217. The number of aryl methyl sites for hydroxylation is 2. The molecule has 12 heavy (non-hydrogen) atoms. The first-order valence-electron chi connectivity index (χ1n) is 3.72. The van der Waals surface area contributed by atoms with Crippen molar-refractivity contribution in [1.29, 1.82) is 0 Å². The lowest BCUT2D eigenvalue weighted by molar-refractivity contribution is 0.123. The average molecular weight is 169 g/mol. The largest absolute Gasteiger partial charge is 0.300 e. The van der Waals surface area contributed by atoms with Crippen LogP contribution in [0.3, 0.4) is 0 Å². The van der Waals surface area contributed by atoms with Crippen molar-refractivity contribution in [1.82, 2.24) is 0 Å². The fourth-order valence-electron chi connectivity index (χ4n) is 1.25. The van der Waals surface area contributed by atoms with Crippen LogP contribution in [0.1, 0.15) is 16.7 Å². The van der Waals surface area contributed by atoms with E-state index >= 15 is 0 Å². The molecule has 0 amide bonds. The summed E-state index contributed by atoms with van der Waals surface area (Å²) < 4.78 is 12.8. The molecule has 2 N–H and O–H groups in total. The van der Waals surface area contributed by atoms with Gasteiger partial charge in [-0.3, -0.25) is 4.84 Å². The summed E-state index contributed by atoms with van der Waals surface area (Å²) in [5.41, 5.74) is 2.70. The molecule has 0 aliphatic heterocycles. The Labute approximate surface area is 71.1 Å². The molecule has 0 fully saturated rings. The maximum Gasteiger partial charge on any atom is 0.123 e. The van der Waals surface area contributed by atoms with E-state index in [0.717, 1.165) is 16.7 Å². The Morgan fingerprint density at radius 1 is 1.33 bits per heavy atom. The van der Waals surface area contributed by atoms with Gasteiger partial charge in [-0.15, -0.1) is 0 Å². The number of benzene rings is 1. The lowest BCUT2D eigenvalue weighted by atomic mass is 10.0. The Bertz CT molecular complexity index is 263. The molecule has 0 aromatic heterocycles. The zero-order valence-electron chi connectivity index (χ0n) is 7.23. The van der Waals surface area contributed by atoms with Gasteiger partial charge in [0, 0.05) is 0 Å². The van der Waals surface area contributed by atoms with Crippen molar-refractivity contribution >= 4 is 0 Å². The summed E-state index contributed by atoms with van der Waals surface area (Å²) in [6, 6.07) is 2.95. The van der Waals surface area contributed by atoms with Gasteiger partial charge in [0.05, 0.1) is 6.61 Å². The minimum atomic E-state index is -0.217. The Morgan fingerprint density at radius 3 is 2.25 bits per heavy atom. The fraction of sp³-hybridized carbons (Fsp3) is 0.333. The standard InChI is InChI=1S/C9H12FNO/c1-6-3-8(10)4-7(2)9(6)5-12-11/h3-4H,5,11H2,1-2H3. The topological polar surface area (TPSA) is 35.2 Å². The van der Waals surface area contributed by atoms with E-state index in [1.807, 2.05) is 13.8 Å². The molecule has 3 heteroatoms. The molecular formula is C9H12FNO. The number of halogens is 1. The third kappa shape index (κ3) is 1.81. The molecule has 0 saturated heterocycles. The van der Waals surface area contributed by atoms with E-state index in [0.29, 0.717) is 6.61 Å². The van der Waals surface area contributed by atoms with Crippen molar-refractivity contribution in [2.45, 2.75) is 20.5 Å². The van der Waals surface area contributed by atoms with Crippen molar-refractivity contribution in [2.24, 2.45) is 5.90 Å². The molecule has 0 spiro atoms. The Kier molecular flexibility index (Phi) is 2.78. The predicted octanol–water partition coefficient (Wildman–Crippen LogP) is 1.83. The molecule has 1 aromatic rings. The third-order valence-electron chi connectivity index (χ3n) is 1.89. The quantitative estimate of drug-likeness (QED) is 0.685. The van der Waals surface area contributed by atoms with Crippen molar-refractivity contribution in [3.05, 3.63) is 34.6 Å². The number of nitrogens with two attached hydrogens (primary N) is 1. The molecule has 1 rings (SSSR count). The van der Waals surface area contributed by atoms with Gasteiger partial charge < -0.3 is 0 Å². The molecule has 0 bridgehead atoms. The number of hydrogen-bond donors (Lipinski definition) is 1. The predicted molar refractivity (Wildman–Crippen MR) is 44.9 cm³/mol. The van der Waals surface area contributed by atoms with Crippen molar-refractivity contribution < 1.29 is 9.23 Å². The first-order chi connectivity index (χ1) is 5.65. The van der Waals surface area contributed by atoms with Crippen LogP contribution in [0.25, 0.3) is 0 Å². The second kappa shape index (κ2) is 3.65. The van der Waals surface area contributed by atoms with Crippen molar-refractivity contribution in [2.75, 3.05) is 0 Å². The fourth-order valence-corrected chi connectivity index (χ4v) is 1.25. The molecule has 0 radical (unpaired) electrons. The molecular weight excluding hydrogens is 157 g/mol. The lowest BCUT2D eigenvalue weighted by Gasteiger charge is -2.07. The molecule has 66 valence electrons. The van der Waals surface area contributed by atoms with Crippen LogP contribution in [0.4, 0.5) is 4.39 Å². The van der Waals surface area contributed by atoms with Gasteiger partial charge in [-0.2, -0.15) is 0 Å². The highest BCUT2D eigenvalue weighted by Gasteiger charge is 2.04. The molecule has 0 unspecified atom stereocenters. The van der Waals surface area contributed by atoms with Crippen LogP contribution in [0.5, 0.6) is 0 Å². The monoisotopic (exact) mass is 169 g/mol. The minimum Gasteiger partial charge on any atom is -0.300 e. The van der Waals surface area contributed by atoms with E-state index in [2.05, 4.69) is 4.84 Å². The smallest absolute Gasteiger partial charge is 0.123 e. The summed E-state index contributed by atoms with van der Waals surface area (Å²) in [4.78, 5) is 4.51. The second-order valence-electron chi connectivity index (χ2n) is 2.83. The van der Waals surface area contributed by atoms with Gasteiger partial charge in [-0.25, -0.2) is 10.3 Å². The summed E-state index contributed by atoms with van der Waals surface area (Å²) in [5.74, 6) is 4.73. The normalized spacial score (nSPS) is 10.3. The van der Waals surface area contributed by atoms with Gasteiger partial charge in [0.1, 0.15) is 5.82 Å². The summed E-state index contributed by atoms with van der Waals surface area (Å²) in [7, 11) is 0. The molecule has 0 atom stereocenters. The van der Waals surface area contributed by atoms with Crippen LogP contribution in [0, 0.1) is 19.7 Å². The van der Waals surface area contributed by atoms with Crippen LogP contribution >= 0.6 is 0 Å². The average Bonchev–Trinajstić information content (AvgIpc) is 1.96. The van der Waals surface area contributed by atoms with Crippen LogP contribution in [-0.4, -0.2) is 0 Å². The first kappa shape index (κ1) is 9.16. The van der Waals surface area contributed by atoms with Gasteiger partial charge >= 0.3 is 0 Å². The van der Waals surface area contributed by atoms with Crippen LogP contribution in [-0.2, 0) is 11.4 Å². The Hall–Kier alpha value is -0.930. The maximum atomic E-state index is 12.8. The highest BCUT2D eigenvalue weighted by molar-refractivity contribution is 5.33. The van der Waals surface area contributed by atoms with Crippen LogP contribution < -0.4 is 5.90 Å². The third-order valence-corrected chi connectivity index (χ3v) is 1.89. The molecule has 0 aliphatic rings. The number of hydrogen-bond acceptors (Lipinski definition) is 2. The van der Waals surface area contributed by atoms with E-state index in [9.17, 15) is 4.39 Å². The highest BCUT2D eigenvalue weighted by Crippen LogP contribution is 2.15. The van der Waals surface area contributed by atoms with E-state index in [1.165, 1.54) is 12.1 Å². The zero-order chi connectivity index (χ0) is 9.14. The van der Waals surface area contributed by atoms with Gasteiger partial charge in [-0.05, 0) is 42.7 Å². The van der Waals surface area contributed by atoms with Crippen LogP contribution in [0.2, 0.25) is 0 Å². The van der Waals surface area contributed by atoms with E-state index in [-0.39, 0.29) is 5.82 Å². The lowest BCUT2D eigenvalue weighted by Crippen LogP contribution is -2.03. The van der Waals surface area contributed by atoms with E-state index < -0.39 is 0 Å². The van der Waals surface area contributed by atoms with E-state index in [1.54, 1.807) is 0 Å². The molecule has 0 heterocycles. The summed E-state index contributed by atoms with van der Waals surface area (Å²) in [6.45, 7) is 4.01. The summed E-state index contributed by atoms with van der Waals surface area (Å²) in [6.07, 6.45) is 0. The van der Waals surface area contributed by atoms with Gasteiger partial charge in [0.2, 0.25) is 0 Å². The first-order valence-corrected chi connectivity index (χ1v) is 3.72. The van der Waals surface area contributed by atoms with E-state index in [4.69, 9.17) is 5.90 Å². The molecule has 0 aliphatic carbocycles. The van der Waals surface area contributed by atoms with Crippen LogP contribution in [0.15, 0.2) is 12.1 Å².